The number of likely N-dealkylation sites (tertiary alicyclic amines) is 2. The number of hydrazone groups is 2. The van der Waals surface area contributed by atoms with Crippen LogP contribution in [0.5, 0.6) is 0 Å². The Morgan fingerprint density at radius 3 is 1.36 bits per heavy atom. The zero-order chi connectivity index (χ0) is 23.0. The third-order valence-corrected chi connectivity index (χ3v) is 6.38. The number of thiocarbonyl (C=S) groups is 2. The van der Waals surface area contributed by atoms with Gasteiger partial charge in [0.25, 0.3) is 0 Å². The molecule has 190 valence electrons. The number of rotatable bonds is 11. The van der Waals surface area contributed by atoms with Gasteiger partial charge >= 0.3 is 0 Å². The van der Waals surface area contributed by atoms with Crippen molar-refractivity contribution in [3.8, 4) is 0 Å². The largest absolute Gasteiger partial charge is 0.360 e. The summed E-state index contributed by atoms with van der Waals surface area (Å²) in [5.74, 6) is 0. The molecule has 2 saturated heterocycles. The fraction of sp³-hybridized carbons (Fsp3) is 0.818. The summed E-state index contributed by atoms with van der Waals surface area (Å²) in [6, 6.07) is 0. The van der Waals surface area contributed by atoms with Crippen LogP contribution in [-0.4, -0.2) is 83.8 Å². The zero-order valence-electron chi connectivity index (χ0n) is 20.3. The molecular formula is C22H43ClN8S2. The van der Waals surface area contributed by atoms with Gasteiger partial charge in [0, 0.05) is 26.2 Å². The van der Waals surface area contributed by atoms with E-state index in [1.54, 1.807) is 0 Å². The molecule has 2 fully saturated rings. The molecule has 2 heterocycles. The van der Waals surface area contributed by atoms with Gasteiger partial charge in [0.2, 0.25) is 0 Å². The molecule has 11 heteroatoms. The molecule has 33 heavy (non-hydrogen) atoms. The van der Waals surface area contributed by atoms with E-state index in [1.165, 1.54) is 64.7 Å². The minimum atomic E-state index is 0. The van der Waals surface area contributed by atoms with Crippen molar-refractivity contribution in [3.63, 3.8) is 0 Å². The molecule has 0 amide bonds. The van der Waals surface area contributed by atoms with Crippen LogP contribution in [0, 0.1) is 0 Å². The van der Waals surface area contributed by atoms with E-state index in [1.807, 2.05) is 0 Å². The molecule has 8 nitrogen and oxygen atoms in total. The fourth-order valence-corrected chi connectivity index (χ4v) is 4.33. The van der Waals surface area contributed by atoms with E-state index < -0.39 is 0 Å². The van der Waals surface area contributed by atoms with Crippen LogP contribution in [0.1, 0.15) is 65.2 Å². The zero-order valence-corrected chi connectivity index (χ0v) is 22.8. The van der Waals surface area contributed by atoms with Gasteiger partial charge in [-0.15, -0.1) is 12.4 Å². The highest BCUT2D eigenvalue weighted by molar-refractivity contribution is 7.80. The van der Waals surface area contributed by atoms with Gasteiger partial charge in [-0.3, -0.25) is 10.9 Å². The minimum absolute atomic E-state index is 0. The van der Waals surface area contributed by atoms with Gasteiger partial charge in [-0.25, -0.2) is 0 Å². The summed E-state index contributed by atoms with van der Waals surface area (Å²) in [5, 5.41) is 16.6. The van der Waals surface area contributed by atoms with Crippen LogP contribution in [0.2, 0.25) is 0 Å². The average Bonchev–Trinajstić information content (AvgIpc) is 2.82. The number of hydrogen-bond donors (Lipinski definition) is 4. The predicted octanol–water partition coefficient (Wildman–Crippen LogP) is 2.84. The summed E-state index contributed by atoms with van der Waals surface area (Å²) in [7, 11) is 0. The molecule has 2 aliphatic heterocycles. The summed E-state index contributed by atoms with van der Waals surface area (Å²) in [6.45, 7) is 12.6. The molecule has 0 aromatic heterocycles. The van der Waals surface area contributed by atoms with Crippen molar-refractivity contribution in [2.75, 3.05) is 52.4 Å². The highest BCUT2D eigenvalue weighted by Crippen LogP contribution is 2.08. The van der Waals surface area contributed by atoms with Crippen molar-refractivity contribution in [1.29, 1.82) is 0 Å². The lowest BCUT2D eigenvalue weighted by Crippen LogP contribution is -2.41. The van der Waals surface area contributed by atoms with Gasteiger partial charge in [-0.2, -0.15) is 10.2 Å². The van der Waals surface area contributed by atoms with Crippen LogP contribution >= 0.6 is 36.8 Å². The van der Waals surface area contributed by atoms with Gasteiger partial charge in [-0.1, -0.05) is 26.7 Å². The van der Waals surface area contributed by atoms with Crippen LogP contribution in [0.4, 0.5) is 0 Å². The lowest BCUT2D eigenvalue weighted by atomic mass is 10.1. The van der Waals surface area contributed by atoms with E-state index in [0.29, 0.717) is 10.2 Å². The Morgan fingerprint density at radius 2 is 1.03 bits per heavy atom. The Morgan fingerprint density at radius 1 is 0.667 bits per heavy atom. The van der Waals surface area contributed by atoms with Gasteiger partial charge < -0.3 is 20.4 Å². The van der Waals surface area contributed by atoms with Crippen molar-refractivity contribution >= 4 is 58.5 Å². The number of nitrogens with one attached hydrogen (secondary N) is 4. The van der Waals surface area contributed by atoms with Crippen molar-refractivity contribution < 1.29 is 0 Å². The lowest BCUT2D eigenvalue weighted by molar-refractivity contribution is 0.232. The first kappa shape index (κ1) is 30.0. The molecule has 0 aromatic carbocycles. The molecule has 2 aliphatic rings. The minimum Gasteiger partial charge on any atom is -0.360 e. The highest BCUT2D eigenvalue weighted by Gasteiger charge is 2.11. The number of hydrogen-bond acceptors (Lipinski definition) is 6. The first-order valence-corrected chi connectivity index (χ1v) is 13.1. The highest BCUT2D eigenvalue weighted by atomic mass is 35.5. The molecule has 4 N–H and O–H groups in total. The SMILES string of the molecule is CCC(=N/NC(=S)NCCN1CCCCC1)/C(CC)=N\NC(=S)NCCN1CCCCC1.Cl. The molecule has 0 bridgehead atoms. The maximum atomic E-state index is 5.38. The summed E-state index contributed by atoms with van der Waals surface area (Å²) in [5.41, 5.74) is 7.69. The summed E-state index contributed by atoms with van der Waals surface area (Å²) < 4.78 is 0. The molecule has 2 rings (SSSR count). The predicted molar refractivity (Wildman–Crippen MR) is 151 cm³/mol. The Bertz CT molecular complexity index is 578. The van der Waals surface area contributed by atoms with E-state index in [0.717, 1.165) is 50.4 Å². The monoisotopic (exact) mass is 518 g/mol. The van der Waals surface area contributed by atoms with Gasteiger partial charge in [0.1, 0.15) is 0 Å². The molecule has 0 atom stereocenters. The number of nitrogens with zero attached hydrogens (tertiary/aromatic N) is 4. The molecule has 0 spiro atoms. The molecule has 0 aliphatic carbocycles. The lowest BCUT2D eigenvalue weighted by Gasteiger charge is -2.26. The second-order valence-corrected chi connectivity index (χ2v) is 9.18. The normalized spacial score (nSPS) is 18.2. The smallest absolute Gasteiger partial charge is 0.187 e. The Kier molecular flexibility index (Phi) is 16.6. The van der Waals surface area contributed by atoms with Gasteiger partial charge in [0.05, 0.1) is 11.4 Å². The van der Waals surface area contributed by atoms with Crippen molar-refractivity contribution in [2.24, 2.45) is 10.2 Å². The van der Waals surface area contributed by atoms with Crippen LogP contribution in [-0.2, 0) is 0 Å². The second-order valence-electron chi connectivity index (χ2n) is 8.36. The van der Waals surface area contributed by atoms with E-state index in [2.05, 4.69) is 55.3 Å². The molecule has 0 unspecified atom stereocenters. The fourth-order valence-electron chi connectivity index (χ4n) is 4.03. The Balaban J connectivity index is 0.00000544. The maximum Gasteiger partial charge on any atom is 0.187 e. The summed E-state index contributed by atoms with van der Waals surface area (Å²) in [4.78, 5) is 4.97. The summed E-state index contributed by atoms with van der Waals surface area (Å²) >= 11 is 10.8. The van der Waals surface area contributed by atoms with Crippen molar-refractivity contribution in [2.45, 2.75) is 65.2 Å². The summed E-state index contributed by atoms with van der Waals surface area (Å²) in [6.07, 6.45) is 9.44. The number of piperidine rings is 2. The third-order valence-electron chi connectivity index (χ3n) is 5.91. The quantitative estimate of drug-likeness (QED) is 0.189. The van der Waals surface area contributed by atoms with Gasteiger partial charge in [0.15, 0.2) is 10.2 Å². The van der Waals surface area contributed by atoms with Crippen molar-refractivity contribution in [3.05, 3.63) is 0 Å². The molecule has 0 saturated carbocycles. The Labute approximate surface area is 217 Å². The van der Waals surface area contributed by atoms with Crippen LogP contribution in [0.25, 0.3) is 0 Å². The molecule has 0 aromatic rings. The topological polar surface area (TPSA) is 79.3 Å². The van der Waals surface area contributed by atoms with Crippen LogP contribution in [0.15, 0.2) is 10.2 Å². The first-order valence-electron chi connectivity index (χ1n) is 12.3. The standard InChI is InChI=1S/C22H42N8S2.ClH/c1-3-19(25-27-21(31)23-11-17-29-13-7-5-8-14-29)20(4-2)26-28-22(32)24-12-18-30-15-9-6-10-16-30;/h3-18H2,1-2H3,(H2,23,27,31)(H2,24,28,32);1H/b25-19-,26-20-;. The number of halogens is 1. The Hall–Kier alpha value is -1.07. The van der Waals surface area contributed by atoms with E-state index >= 15 is 0 Å². The van der Waals surface area contributed by atoms with Crippen LogP contribution < -0.4 is 21.5 Å². The molecule has 0 radical (unpaired) electrons. The average molecular weight is 519 g/mol. The molecular weight excluding hydrogens is 476 g/mol. The van der Waals surface area contributed by atoms with Gasteiger partial charge in [-0.05, 0) is 89.1 Å². The maximum absolute atomic E-state index is 5.38. The first-order chi connectivity index (χ1) is 15.6. The second kappa shape index (κ2) is 18.3. The van der Waals surface area contributed by atoms with E-state index in [4.69, 9.17) is 24.4 Å². The van der Waals surface area contributed by atoms with Crippen molar-refractivity contribution in [1.82, 2.24) is 31.3 Å². The third kappa shape index (κ3) is 12.8. The van der Waals surface area contributed by atoms with E-state index in [9.17, 15) is 0 Å². The van der Waals surface area contributed by atoms with Crippen LogP contribution in [0.3, 0.4) is 0 Å². The van der Waals surface area contributed by atoms with E-state index in [-0.39, 0.29) is 12.4 Å².